The fourth-order valence-electron chi connectivity index (χ4n) is 4.30. The highest BCUT2D eigenvalue weighted by atomic mass is 32.1. The van der Waals surface area contributed by atoms with Crippen LogP contribution in [-0.4, -0.2) is 23.4 Å². The molecule has 5 rings (SSSR count). The van der Waals surface area contributed by atoms with Crippen molar-refractivity contribution in [2.45, 2.75) is 0 Å². The summed E-state index contributed by atoms with van der Waals surface area (Å²) >= 11 is 6.19. The smallest absolute Gasteiger partial charge is 0.190 e. The summed E-state index contributed by atoms with van der Waals surface area (Å²) in [6.07, 6.45) is 0. The first-order valence-corrected chi connectivity index (χ1v) is 11.4. The van der Waals surface area contributed by atoms with Crippen molar-refractivity contribution in [3.05, 3.63) is 114 Å². The number of rotatable bonds is 6. The molecule has 0 aliphatic rings. The van der Waals surface area contributed by atoms with Gasteiger partial charge in [0.05, 0.1) is 37.0 Å². The van der Waals surface area contributed by atoms with Crippen molar-refractivity contribution in [1.82, 2.24) is 9.13 Å². The van der Waals surface area contributed by atoms with Gasteiger partial charge in [-0.3, -0.25) is 9.13 Å². The number of ether oxygens (including phenoxy) is 2. The maximum absolute atomic E-state index is 6.19. The number of aromatic nitrogens is 2. The van der Waals surface area contributed by atoms with Gasteiger partial charge in [0.1, 0.15) is 11.5 Å². The third kappa shape index (κ3) is 3.70. The molecular weight excluding hydrogens is 440 g/mol. The highest BCUT2D eigenvalue weighted by Gasteiger charge is 2.25. The first kappa shape index (κ1) is 21.7. The molecule has 34 heavy (non-hydrogen) atoms. The van der Waals surface area contributed by atoms with Crippen LogP contribution in [-0.2, 0) is 0 Å². The van der Waals surface area contributed by atoms with E-state index < -0.39 is 0 Å². The number of imidazole rings is 1. The van der Waals surface area contributed by atoms with Gasteiger partial charge < -0.3 is 9.47 Å². The normalized spacial score (nSPS) is 10.8. The molecule has 1 heterocycles. The molecule has 5 aromatic rings. The van der Waals surface area contributed by atoms with Gasteiger partial charge in [-0.1, -0.05) is 84.9 Å². The molecule has 0 amide bonds. The standard InChI is InChI=1S/C29H24N2O2S/c1-32-25-19-11-9-17-23(25)30-27(21-13-5-3-6-14-21)28(22-15-7-4-8-16-22)31(29(30)34)24-18-10-12-20-26(24)33-2/h3-20H,1-2H3. The molecule has 5 heteroatoms. The predicted molar refractivity (Wildman–Crippen MR) is 140 cm³/mol. The molecule has 0 fully saturated rings. The zero-order valence-corrected chi connectivity index (χ0v) is 19.8. The van der Waals surface area contributed by atoms with Gasteiger partial charge in [-0.15, -0.1) is 0 Å². The van der Waals surface area contributed by atoms with Crippen LogP contribution < -0.4 is 9.47 Å². The molecule has 0 aliphatic carbocycles. The Morgan fingerprint density at radius 2 is 0.853 bits per heavy atom. The van der Waals surface area contributed by atoms with Crippen LogP contribution in [0.15, 0.2) is 109 Å². The lowest BCUT2D eigenvalue weighted by molar-refractivity contribution is 0.412. The summed E-state index contributed by atoms with van der Waals surface area (Å²) in [4.78, 5) is 0. The Morgan fingerprint density at radius 1 is 0.500 bits per heavy atom. The molecule has 0 atom stereocenters. The van der Waals surface area contributed by atoms with Crippen molar-refractivity contribution in [2.24, 2.45) is 0 Å². The van der Waals surface area contributed by atoms with Crippen molar-refractivity contribution < 1.29 is 9.47 Å². The van der Waals surface area contributed by atoms with Crippen LogP contribution in [0.1, 0.15) is 0 Å². The number of hydrogen-bond donors (Lipinski definition) is 0. The van der Waals surface area contributed by atoms with E-state index in [1.165, 1.54) is 0 Å². The van der Waals surface area contributed by atoms with Gasteiger partial charge in [0, 0.05) is 11.1 Å². The molecule has 0 spiro atoms. The molecule has 4 nitrogen and oxygen atoms in total. The fourth-order valence-corrected chi connectivity index (χ4v) is 4.68. The zero-order chi connectivity index (χ0) is 23.5. The Kier molecular flexibility index (Phi) is 6.02. The second-order valence-electron chi connectivity index (χ2n) is 7.73. The molecule has 0 saturated carbocycles. The first-order valence-electron chi connectivity index (χ1n) is 11.0. The number of methoxy groups -OCH3 is 2. The van der Waals surface area contributed by atoms with Gasteiger partial charge in [-0.05, 0) is 36.5 Å². The Balaban J connectivity index is 2.00. The third-order valence-corrected chi connectivity index (χ3v) is 6.17. The van der Waals surface area contributed by atoms with Crippen molar-refractivity contribution in [3.8, 4) is 45.4 Å². The first-order chi connectivity index (χ1) is 16.7. The third-order valence-electron chi connectivity index (χ3n) is 5.80. The van der Waals surface area contributed by atoms with Crippen LogP contribution in [0.2, 0.25) is 0 Å². The number of benzene rings is 4. The average molecular weight is 465 g/mol. The quantitative estimate of drug-likeness (QED) is 0.246. The number of para-hydroxylation sites is 4. The van der Waals surface area contributed by atoms with Crippen LogP contribution in [0.4, 0.5) is 0 Å². The minimum absolute atomic E-state index is 0.617. The summed E-state index contributed by atoms with van der Waals surface area (Å²) in [6.45, 7) is 0. The molecule has 0 unspecified atom stereocenters. The minimum Gasteiger partial charge on any atom is -0.495 e. The topological polar surface area (TPSA) is 28.3 Å². The van der Waals surface area contributed by atoms with Gasteiger partial charge in [-0.2, -0.15) is 0 Å². The van der Waals surface area contributed by atoms with Gasteiger partial charge >= 0.3 is 0 Å². The second-order valence-corrected chi connectivity index (χ2v) is 8.09. The molecule has 0 bridgehead atoms. The summed E-state index contributed by atoms with van der Waals surface area (Å²) in [5.41, 5.74) is 5.80. The van der Waals surface area contributed by atoms with Gasteiger partial charge in [0.25, 0.3) is 0 Å². The molecule has 1 aromatic heterocycles. The Hall–Kier alpha value is -4.09. The lowest BCUT2D eigenvalue weighted by Crippen LogP contribution is -2.02. The van der Waals surface area contributed by atoms with E-state index in [0.717, 1.165) is 45.4 Å². The van der Waals surface area contributed by atoms with Gasteiger partial charge in [0.15, 0.2) is 4.77 Å². The summed E-state index contributed by atoms with van der Waals surface area (Å²) in [5.74, 6) is 1.49. The largest absolute Gasteiger partial charge is 0.495 e. The van der Waals surface area contributed by atoms with E-state index in [1.807, 2.05) is 84.9 Å². The predicted octanol–water partition coefficient (Wildman–Crippen LogP) is 7.35. The van der Waals surface area contributed by atoms with Crippen molar-refractivity contribution >= 4 is 12.2 Å². The van der Waals surface area contributed by atoms with E-state index in [0.29, 0.717) is 4.77 Å². The summed E-state index contributed by atoms with van der Waals surface area (Å²) in [7, 11) is 3.36. The van der Waals surface area contributed by atoms with Crippen LogP contribution >= 0.6 is 12.2 Å². The van der Waals surface area contributed by atoms with Crippen molar-refractivity contribution in [1.29, 1.82) is 0 Å². The van der Waals surface area contributed by atoms with E-state index >= 15 is 0 Å². The Labute approximate surface area is 204 Å². The fraction of sp³-hybridized carbons (Fsp3) is 0.0690. The maximum Gasteiger partial charge on any atom is 0.190 e. The molecule has 0 N–H and O–H groups in total. The molecular formula is C29H24N2O2S. The summed E-state index contributed by atoms with van der Waals surface area (Å²) in [5, 5.41) is 0. The van der Waals surface area contributed by atoms with E-state index in [-0.39, 0.29) is 0 Å². The van der Waals surface area contributed by atoms with Crippen molar-refractivity contribution in [3.63, 3.8) is 0 Å². The lowest BCUT2D eigenvalue weighted by atomic mass is 10.0. The molecule has 168 valence electrons. The van der Waals surface area contributed by atoms with Crippen LogP contribution in [0.5, 0.6) is 11.5 Å². The highest BCUT2D eigenvalue weighted by Crippen LogP contribution is 2.41. The van der Waals surface area contributed by atoms with Crippen LogP contribution in [0.25, 0.3) is 33.9 Å². The molecule has 4 aromatic carbocycles. The van der Waals surface area contributed by atoms with E-state index in [9.17, 15) is 0 Å². The second kappa shape index (κ2) is 9.41. The van der Waals surface area contributed by atoms with E-state index in [2.05, 4.69) is 33.4 Å². The Morgan fingerprint density at radius 3 is 1.24 bits per heavy atom. The average Bonchev–Trinajstić information content (AvgIpc) is 3.22. The summed E-state index contributed by atoms with van der Waals surface area (Å²) in [6, 6.07) is 36.5. The number of nitrogens with zero attached hydrogens (tertiary/aromatic N) is 2. The Bertz CT molecular complexity index is 1380. The minimum atomic E-state index is 0.617. The maximum atomic E-state index is 6.19. The highest BCUT2D eigenvalue weighted by molar-refractivity contribution is 7.71. The molecule has 0 radical (unpaired) electrons. The SMILES string of the molecule is COc1ccccc1-n1c(-c2ccccc2)c(-c2ccccc2)n(-c2ccccc2OC)c1=S. The molecule has 0 aliphatic heterocycles. The zero-order valence-electron chi connectivity index (χ0n) is 19.0. The van der Waals surface area contributed by atoms with E-state index in [4.69, 9.17) is 21.7 Å². The number of hydrogen-bond acceptors (Lipinski definition) is 3. The molecule has 0 saturated heterocycles. The van der Waals surface area contributed by atoms with Gasteiger partial charge in [0.2, 0.25) is 0 Å². The van der Waals surface area contributed by atoms with Crippen LogP contribution in [0.3, 0.4) is 0 Å². The van der Waals surface area contributed by atoms with Gasteiger partial charge in [-0.25, -0.2) is 0 Å². The lowest BCUT2D eigenvalue weighted by Gasteiger charge is -2.14. The van der Waals surface area contributed by atoms with Crippen molar-refractivity contribution in [2.75, 3.05) is 14.2 Å². The van der Waals surface area contributed by atoms with E-state index in [1.54, 1.807) is 14.2 Å². The monoisotopic (exact) mass is 464 g/mol. The van der Waals surface area contributed by atoms with Crippen LogP contribution in [0, 0.1) is 4.77 Å². The summed E-state index contributed by atoms with van der Waals surface area (Å²) < 4.78 is 16.3.